The zero-order valence-corrected chi connectivity index (χ0v) is 14.9. The number of hydrogen-bond donors (Lipinski definition) is 1. The van der Waals surface area contributed by atoms with Crippen LogP contribution in [0.3, 0.4) is 0 Å². The minimum Gasteiger partial charge on any atom is -0.330 e. The van der Waals surface area contributed by atoms with E-state index in [2.05, 4.69) is 33.8 Å². The summed E-state index contributed by atoms with van der Waals surface area (Å²) in [6.07, 6.45) is 6.23. The second-order valence-electron chi connectivity index (χ2n) is 5.85. The number of hydrogen-bond acceptors (Lipinski definition) is 6. The maximum Gasteiger partial charge on any atom is 0.143 e. The van der Waals surface area contributed by atoms with Crippen LogP contribution in [-0.4, -0.2) is 28.2 Å². The van der Waals surface area contributed by atoms with E-state index in [0.29, 0.717) is 6.54 Å². The number of benzene rings is 1. The van der Waals surface area contributed by atoms with Gasteiger partial charge in [-0.25, -0.2) is 9.97 Å². The first-order chi connectivity index (χ1) is 12.8. The van der Waals surface area contributed by atoms with Gasteiger partial charge in [-0.3, -0.25) is 9.98 Å². The lowest BCUT2D eigenvalue weighted by Gasteiger charge is -2.05. The lowest BCUT2D eigenvalue weighted by atomic mass is 10.1. The molecule has 26 heavy (non-hydrogen) atoms. The van der Waals surface area contributed by atoms with Crippen LogP contribution in [0.1, 0.15) is 5.56 Å². The summed E-state index contributed by atoms with van der Waals surface area (Å²) in [5.41, 5.74) is 11.6. The highest BCUT2D eigenvalue weighted by Crippen LogP contribution is 2.33. The third-order valence-corrected chi connectivity index (χ3v) is 5.19. The number of aromatic nitrogens is 3. The van der Waals surface area contributed by atoms with Crippen molar-refractivity contribution in [2.24, 2.45) is 10.7 Å². The van der Waals surface area contributed by atoms with E-state index in [1.165, 1.54) is 0 Å². The molecule has 0 amide bonds. The molecule has 5 nitrogen and oxygen atoms in total. The lowest BCUT2D eigenvalue weighted by molar-refractivity contribution is 0.968. The first kappa shape index (κ1) is 16.5. The number of pyridine rings is 2. The molecule has 3 aromatic heterocycles. The van der Waals surface area contributed by atoms with Gasteiger partial charge in [0.2, 0.25) is 0 Å². The van der Waals surface area contributed by atoms with Crippen molar-refractivity contribution in [1.29, 1.82) is 0 Å². The van der Waals surface area contributed by atoms with E-state index >= 15 is 0 Å². The molecule has 6 heteroatoms. The van der Waals surface area contributed by atoms with Crippen LogP contribution in [0.4, 0.5) is 5.69 Å². The molecule has 3 heterocycles. The predicted molar refractivity (Wildman–Crippen MR) is 108 cm³/mol. The smallest absolute Gasteiger partial charge is 0.143 e. The van der Waals surface area contributed by atoms with Gasteiger partial charge in [-0.05, 0) is 43.4 Å². The van der Waals surface area contributed by atoms with Gasteiger partial charge in [0.05, 0.1) is 5.69 Å². The molecular formula is C20H17N5S. The van der Waals surface area contributed by atoms with Crippen LogP contribution in [0.2, 0.25) is 0 Å². The Kier molecular flexibility index (Phi) is 4.51. The summed E-state index contributed by atoms with van der Waals surface area (Å²) in [7, 11) is 0. The highest BCUT2D eigenvalue weighted by atomic mass is 32.1. The quantitative estimate of drug-likeness (QED) is 0.540. The standard InChI is InChI=1S/C20H17N5S/c1-22-17-9-14(5-4-13(17)6-7-21)19-25-18-10-16(12-24-20(18)26-19)15-3-2-8-23-11-15/h2-5,8-12H,1,6-7,21H2. The Labute approximate surface area is 155 Å². The molecule has 4 rings (SSSR count). The lowest BCUT2D eigenvalue weighted by Crippen LogP contribution is -2.02. The van der Waals surface area contributed by atoms with Crippen LogP contribution in [0.5, 0.6) is 0 Å². The molecule has 1 aromatic carbocycles. The van der Waals surface area contributed by atoms with Crippen molar-refractivity contribution in [3.05, 3.63) is 60.6 Å². The average molecular weight is 359 g/mol. The van der Waals surface area contributed by atoms with Crippen LogP contribution >= 0.6 is 11.3 Å². The van der Waals surface area contributed by atoms with E-state index in [1.807, 2.05) is 36.7 Å². The zero-order chi connectivity index (χ0) is 17.9. The van der Waals surface area contributed by atoms with Crippen LogP contribution in [-0.2, 0) is 6.42 Å². The molecule has 0 saturated carbocycles. The Morgan fingerprint density at radius 1 is 1.08 bits per heavy atom. The molecule has 0 saturated heterocycles. The third kappa shape index (κ3) is 3.12. The Hall–Kier alpha value is -2.96. The fraction of sp³-hybridized carbons (Fsp3) is 0.100. The first-order valence-corrected chi connectivity index (χ1v) is 9.07. The summed E-state index contributed by atoms with van der Waals surface area (Å²) in [5, 5.41) is 0.917. The fourth-order valence-electron chi connectivity index (χ4n) is 2.85. The van der Waals surface area contributed by atoms with Crippen molar-refractivity contribution in [3.63, 3.8) is 0 Å². The summed E-state index contributed by atoms with van der Waals surface area (Å²) in [5.74, 6) is 0. The maximum absolute atomic E-state index is 5.66. The van der Waals surface area contributed by atoms with Crippen molar-refractivity contribution < 1.29 is 0 Å². The van der Waals surface area contributed by atoms with E-state index in [1.54, 1.807) is 17.5 Å². The molecule has 128 valence electrons. The number of fused-ring (bicyclic) bond motifs is 1. The van der Waals surface area contributed by atoms with Crippen LogP contribution in [0.25, 0.3) is 32.0 Å². The largest absolute Gasteiger partial charge is 0.330 e. The van der Waals surface area contributed by atoms with Gasteiger partial charge in [-0.15, -0.1) is 0 Å². The SMILES string of the molecule is C=Nc1cc(-c2nc3cc(-c4cccnc4)cnc3s2)ccc1CCN. The topological polar surface area (TPSA) is 77.0 Å². The van der Waals surface area contributed by atoms with E-state index in [4.69, 9.17) is 10.7 Å². The Morgan fingerprint density at radius 2 is 2.00 bits per heavy atom. The number of aliphatic imine (C=N–C) groups is 1. The summed E-state index contributed by atoms with van der Waals surface area (Å²) >= 11 is 1.57. The number of thiazole rings is 1. The molecule has 4 aromatic rings. The second kappa shape index (κ2) is 7.11. The Morgan fingerprint density at radius 3 is 2.77 bits per heavy atom. The second-order valence-corrected chi connectivity index (χ2v) is 6.83. The van der Waals surface area contributed by atoms with Crippen molar-refractivity contribution in [2.45, 2.75) is 6.42 Å². The molecule has 0 spiro atoms. The van der Waals surface area contributed by atoms with Crippen molar-refractivity contribution in [2.75, 3.05) is 6.54 Å². The summed E-state index contributed by atoms with van der Waals surface area (Å²) in [6, 6.07) is 12.1. The van der Waals surface area contributed by atoms with Crippen molar-refractivity contribution >= 4 is 34.1 Å². The van der Waals surface area contributed by atoms with Crippen molar-refractivity contribution in [3.8, 4) is 21.7 Å². The zero-order valence-electron chi connectivity index (χ0n) is 14.1. The minimum absolute atomic E-state index is 0.587. The van der Waals surface area contributed by atoms with Crippen LogP contribution < -0.4 is 5.73 Å². The third-order valence-electron chi connectivity index (χ3n) is 4.16. The van der Waals surface area contributed by atoms with Gasteiger partial charge in [0.15, 0.2) is 0 Å². The molecule has 0 aliphatic carbocycles. The molecule has 2 N–H and O–H groups in total. The van der Waals surface area contributed by atoms with Gasteiger partial charge >= 0.3 is 0 Å². The molecular weight excluding hydrogens is 342 g/mol. The molecule has 0 bridgehead atoms. The maximum atomic E-state index is 5.66. The molecule has 0 atom stereocenters. The minimum atomic E-state index is 0.587. The molecule has 0 aliphatic heterocycles. The molecule has 0 fully saturated rings. The number of nitrogens with zero attached hydrogens (tertiary/aromatic N) is 4. The normalized spacial score (nSPS) is 11.0. The predicted octanol–water partition coefficient (Wildman–Crippen LogP) is 4.25. The number of nitrogens with two attached hydrogens (primary N) is 1. The highest BCUT2D eigenvalue weighted by Gasteiger charge is 2.11. The van der Waals surface area contributed by atoms with Crippen molar-refractivity contribution in [1.82, 2.24) is 15.0 Å². The van der Waals surface area contributed by atoms with Crippen LogP contribution in [0, 0.1) is 0 Å². The summed E-state index contributed by atoms with van der Waals surface area (Å²) in [6.45, 7) is 4.26. The summed E-state index contributed by atoms with van der Waals surface area (Å²) < 4.78 is 0. The van der Waals surface area contributed by atoms with Gasteiger partial charge in [0.25, 0.3) is 0 Å². The van der Waals surface area contributed by atoms with Gasteiger partial charge in [-0.2, -0.15) is 0 Å². The first-order valence-electron chi connectivity index (χ1n) is 8.25. The van der Waals surface area contributed by atoms with E-state index in [-0.39, 0.29) is 0 Å². The molecule has 0 aliphatic rings. The van der Waals surface area contributed by atoms with Gasteiger partial charge in [0.1, 0.15) is 15.4 Å². The number of rotatable bonds is 5. The fourth-order valence-corrected chi connectivity index (χ4v) is 3.74. The van der Waals surface area contributed by atoms with Gasteiger partial charge < -0.3 is 5.73 Å². The van der Waals surface area contributed by atoms with Gasteiger partial charge in [-0.1, -0.05) is 29.5 Å². The monoisotopic (exact) mass is 359 g/mol. The van der Waals surface area contributed by atoms with Crippen LogP contribution in [0.15, 0.2) is 60.0 Å². The average Bonchev–Trinajstić information content (AvgIpc) is 3.12. The van der Waals surface area contributed by atoms with E-state index < -0.39 is 0 Å². The van der Waals surface area contributed by atoms with E-state index in [9.17, 15) is 0 Å². The summed E-state index contributed by atoms with van der Waals surface area (Å²) in [4.78, 5) is 18.5. The molecule has 0 radical (unpaired) electrons. The van der Waals surface area contributed by atoms with Gasteiger partial charge in [0, 0.05) is 35.3 Å². The Bertz CT molecular complexity index is 1070. The molecule has 0 unspecified atom stereocenters. The highest BCUT2D eigenvalue weighted by molar-refractivity contribution is 7.21. The van der Waals surface area contributed by atoms with E-state index in [0.717, 1.165) is 49.7 Å². The Balaban J connectivity index is 1.75.